The van der Waals surface area contributed by atoms with Gasteiger partial charge in [-0.1, -0.05) is 56.7 Å². The van der Waals surface area contributed by atoms with Gasteiger partial charge in [-0.05, 0) is 54.2 Å². The molecule has 0 bridgehead atoms. The molecule has 3 aromatic heterocycles. The molecule has 0 spiro atoms. The van der Waals surface area contributed by atoms with Gasteiger partial charge in [-0.3, -0.25) is 9.59 Å². The van der Waals surface area contributed by atoms with Gasteiger partial charge in [-0.15, -0.1) is 22.7 Å². The average Bonchev–Trinajstić information content (AvgIpc) is 3.89. The predicted octanol–water partition coefficient (Wildman–Crippen LogP) is 9.00. The van der Waals surface area contributed by atoms with Crippen molar-refractivity contribution in [3.05, 3.63) is 108 Å². The Morgan fingerprint density at radius 2 is 1.31 bits per heavy atom. The summed E-state index contributed by atoms with van der Waals surface area (Å²) in [4.78, 5) is 28.8. The predicted molar refractivity (Wildman–Crippen MR) is 188 cm³/mol. The van der Waals surface area contributed by atoms with E-state index in [1.54, 1.807) is 41.7 Å². The van der Waals surface area contributed by atoms with E-state index in [1.165, 1.54) is 11.3 Å². The number of aromatic nitrogens is 1. The fourth-order valence-electron chi connectivity index (χ4n) is 6.64. The van der Waals surface area contributed by atoms with Crippen LogP contribution < -0.4 is 0 Å². The molecule has 1 aromatic carbocycles. The van der Waals surface area contributed by atoms with Gasteiger partial charge >= 0.3 is 0 Å². The zero-order chi connectivity index (χ0) is 33.7. The first-order valence-electron chi connectivity index (χ1n) is 15.5. The minimum absolute atomic E-state index is 0.0696. The molecule has 4 aromatic rings. The van der Waals surface area contributed by atoms with E-state index in [1.807, 2.05) is 42.5 Å². The molecule has 0 amide bonds. The van der Waals surface area contributed by atoms with Crippen LogP contribution in [0, 0.1) is 51.2 Å². The first kappa shape index (κ1) is 30.8. The SMILES string of the molecule is CCC(C)Cn1c2cc(/C=C3\C(=O)C4=CCCC=C4C3=C(C#N)C#N)sc2c2sc(/C=C3\C(=O)c4ccccc4C3=C(C#N)C#N)cc21. The number of ketones is 2. The maximum absolute atomic E-state index is 13.6. The van der Waals surface area contributed by atoms with Gasteiger partial charge in [0, 0.05) is 49.7 Å². The molecule has 3 aliphatic rings. The van der Waals surface area contributed by atoms with Gasteiger partial charge in [0.2, 0.25) is 0 Å². The largest absolute Gasteiger partial charge is 0.339 e. The first-order chi connectivity index (χ1) is 23.3. The van der Waals surface area contributed by atoms with Crippen molar-refractivity contribution in [2.45, 2.75) is 39.7 Å². The van der Waals surface area contributed by atoms with Crippen LogP contribution in [0.3, 0.4) is 0 Å². The molecule has 0 aliphatic heterocycles. The van der Waals surface area contributed by atoms with E-state index in [4.69, 9.17) is 0 Å². The van der Waals surface area contributed by atoms with Crippen LogP contribution in [0.15, 0.2) is 87.6 Å². The summed E-state index contributed by atoms with van der Waals surface area (Å²) in [5.41, 5.74) is 5.63. The van der Waals surface area contributed by atoms with Crippen LogP contribution in [0.5, 0.6) is 0 Å². The number of hydrogen-bond donors (Lipinski definition) is 0. The standard InChI is InChI=1S/C39H25N5O2S2/c1-3-21(2)20-44-32-14-24(12-30-34(22(16-40)17-41)26-8-4-6-10-28(26)36(30)45)47-38(32)39-33(44)15-25(48-39)13-31-35(23(18-42)19-43)27-9-5-7-11-29(27)37(31)46/h4,6,8-15,21H,3,5,7,20H2,1-2H3/b30-12-,31-13-. The van der Waals surface area contributed by atoms with Crippen molar-refractivity contribution in [3.63, 3.8) is 0 Å². The molecule has 1 unspecified atom stereocenters. The van der Waals surface area contributed by atoms with Crippen LogP contribution in [0.25, 0.3) is 38.2 Å². The number of fused-ring (bicyclic) bond motifs is 5. The van der Waals surface area contributed by atoms with E-state index < -0.39 is 0 Å². The maximum atomic E-state index is 13.6. The molecule has 0 N–H and O–H groups in total. The number of Topliss-reactive ketones (excluding diaryl/α,β-unsaturated/α-hetero) is 2. The Balaban J connectivity index is 1.41. The summed E-state index contributed by atoms with van der Waals surface area (Å²) in [6.45, 7) is 5.11. The Morgan fingerprint density at radius 3 is 1.88 bits per heavy atom. The Kier molecular flexibility index (Phi) is 7.74. The molecule has 3 heterocycles. The number of nitriles is 4. The van der Waals surface area contributed by atoms with E-state index in [9.17, 15) is 30.6 Å². The second kappa shape index (κ2) is 12.1. The molecule has 0 saturated heterocycles. The van der Waals surface area contributed by atoms with Crippen molar-refractivity contribution in [1.29, 1.82) is 21.0 Å². The minimum atomic E-state index is -0.218. The van der Waals surface area contributed by atoms with Gasteiger partial charge in [0.25, 0.3) is 0 Å². The third-order valence-corrected chi connectivity index (χ3v) is 11.4. The zero-order valence-electron chi connectivity index (χ0n) is 26.0. The van der Waals surface area contributed by atoms with Gasteiger partial charge in [-0.2, -0.15) is 21.0 Å². The Bertz CT molecular complexity index is 2480. The Hall–Kier alpha value is -5.84. The molecular weight excluding hydrogens is 635 g/mol. The van der Waals surface area contributed by atoms with Crippen LogP contribution in [0.1, 0.15) is 58.8 Å². The summed E-state index contributed by atoms with van der Waals surface area (Å²) in [6, 6.07) is 19.1. The topological polar surface area (TPSA) is 134 Å². The second-order valence-electron chi connectivity index (χ2n) is 11.9. The van der Waals surface area contributed by atoms with Gasteiger partial charge in [0.05, 0.1) is 20.4 Å². The lowest BCUT2D eigenvalue weighted by Crippen LogP contribution is -2.05. The maximum Gasteiger partial charge on any atom is 0.194 e. The van der Waals surface area contributed by atoms with Crippen molar-refractivity contribution in [2.24, 2.45) is 5.92 Å². The highest BCUT2D eigenvalue weighted by molar-refractivity contribution is 7.28. The molecule has 230 valence electrons. The fourth-order valence-corrected chi connectivity index (χ4v) is 9.00. The van der Waals surface area contributed by atoms with Crippen molar-refractivity contribution in [1.82, 2.24) is 4.57 Å². The summed E-state index contributed by atoms with van der Waals surface area (Å²) in [5, 5.41) is 39.0. The first-order valence-corrected chi connectivity index (χ1v) is 17.1. The zero-order valence-corrected chi connectivity index (χ0v) is 27.7. The molecule has 1 saturated carbocycles. The van der Waals surface area contributed by atoms with Crippen LogP contribution in [0.4, 0.5) is 0 Å². The summed E-state index contributed by atoms with van der Waals surface area (Å²) in [6.07, 6.45) is 9.89. The van der Waals surface area contributed by atoms with Gasteiger partial charge < -0.3 is 4.57 Å². The van der Waals surface area contributed by atoms with E-state index >= 15 is 0 Å². The quantitative estimate of drug-likeness (QED) is 0.155. The lowest BCUT2D eigenvalue weighted by Gasteiger charge is -2.11. The van der Waals surface area contributed by atoms with Crippen LogP contribution in [0.2, 0.25) is 0 Å². The van der Waals surface area contributed by atoms with Crippen molar-refractivity contribution in [3.8, 4) is 24.3 Å². The summed E-state index contributed by atoms with van der Waals surface area (Å²) in [7, 11) is 0. The number of carbonyl (C=O) groups excluding carboxylic acids is 2. The highest BCUT2D eigenvalue weighted by atomic mass is 32.1. The number of benzene rings is 1. The second-order valence-corrected chi connectivity index (χ2v) is 14.1. The molecule has 48 heavy (non-hydrogen) atoms. The number of nitrogens with zero attached hydrogens (tertiary/aromatic N) is 5. The van der Waals surface area contributed by atoms with Gasteiger partial charge in [0.15, 0.2) is 11.6 Å². The molecule has 0 radical (unpaired) electrons. The van der Waals surface area contributed by atoms with Crippen LogP contribution in [-0.4, -0.2) is 16.1 Å². The van der Waals surface area contributed by atoms with E-state index in [0.717, 1.165) is 56.0 Å². The number of carbonyl (C=O) groups is 2. The van der Waals surface area contributed by atoms with Gasteiger partial charge in [0.1, 0.15) is 35.4 Å². The number of thiophene rings is 2. The van der Waals surface area contributed by atoms with Crippen LogP contribution >= 0.6 is 22.7 Å². The van der Waals surface area contributed by atoms with Crippen molar-refractivity contribution in [2.75, 3.05) is 0 Å². The molecule has 9 heteroatoms. The third kappa shape index (κ3) is 4.73. The Labute approximate surface area is 284 Å². The van der Waals surface area contributed by atoms with E-state index in [2.05, 4.69) is 30.5 Å². The molecular formula is C39H25N5O2S2. The molecule has 1 atom stereocenters. The third-order valence-electron chi connectivity index (χ3n) is 9.10. The lowest BCUT2D eigenvalue weighted by molar-refractivity contribution is -0.111. The van der Waals surface area contributed by atoms with Crippen molar-refractivity contribution < 1.29 is 9.59 Å². The summed E-state index contributed by atoms with van der Waals surface area (Å²) >= 11 is 3.08. The highest BCUT2D eigenvalue weighted by Crippen LogP contribution is 2.46. The monoisotopic (exact) mass is 659 g/mol. The van der Waals surface area contributed by atoms with Crippen LogP contribution in [-0.2, 0) is 11.3 Å². The summed E-state index contributed by atoms with van der Waals surface area (Å²) in [5.74, 6) is -0.0116. The minimum Gasteiger partial charge on any atom is -0.339 e. The number of allylic oxidation sites excluding steroid dienone is 10. The molecule has 7 rings (SSSR count). The van der Waals surface area contributed by atoms with E-state index in [-0.39, 0.29) is 22.7 Å². The molecule has 3 aliphatic carbocycles. The lowest BCUT2D eigenvalue weighted by atomic mass is 9.95. The smallest absolute Gasteiger partial charge is 0.194 e. The van der Waals surface area contributed by atoms with Gasteiger partial charge in [-0.25, -0.2) is 0 Å². The average molecular weight is 660 g/mol. The highest BCUT2D eigenvalue weighted by Gasteiger charge is 2.36. The van der Waals surface area contributed by atoms with Crippen molar-refractivity contribution >= 4 is 72.4 Å². The Morgan fingerprint density at radius 1 is 0.792 bits per heavy atom. The van der Waals surface area contributed by atoms with E-state index in [0.29, 0.717) is 50.5 Å². The fraction of sp³-hybridized carbons (Fsp3) is 0.179. The normalized spacial score (nSPS) is 17.5. The number of rotatable bonds is 5. The molecule has 1 fully saturated rings. The summed E-state index contributed by atoms with van der Waals surface area (Å²) < 4.78 is 4.35. The molecule has 7 nitrogen and oxygen atoms in total. The number of hydrogen-bond acceptors (Lipinski definition) is 8.